The molecule has 1 aromatic carbocycles. The highest BCUT2D eigenvalue weighted by molar-refractivity contribution is 5.94. The van der Waals surface area contributed by atoms with E-state index in [9.17, 15) is 18.7 Å². The minimum atomic E-state index is -1.18. The largest absolute Gasteiger partial charge is 0.482 e. The predicted octanol–water partition coefficient (Wildman–Crippen LogP) is 2.34. The molecule has 8 nitrogen and oxygen atoms in total. The lowest BCUT2D eigenvalue weighted by atomic mass is 9.96. The predicted molar refractivity (Wildman–Crippen MR) is 100 cm³/mol. The van der Waals surface area contributed by atoms with Gasteiger partial charge >= 0.3 is 5.97 Å². The van der Waals surface area contributed by atoms with Crippen LogP contribution in [0.3, 0.4) is 0 Å². The molecule has 4 rings (SSSR count). The molecule has 29 heavy (non-hydrogen) atoms. The van der Waals surface area contributed by atoms with Gasteiger partial charge in [0.1, 0.15) is 29.6 Å². The van der Waals surface area contributed by atoms with E-state index >= 15 is 0 Å². The third-order valence-electron chi connectivity index (χ3n) is 5.04. The molecule has 0 fully saturated rings. The molecule has 0 radical (unpaired) electrons. The van der Waals surface area contributed by atoms with Crippen molar-refractivity contribution in [2.75, 3.05) is 18.5 Å². The van der Waals surface area contributed by atoms with Gasteiger partial charge in [0.2, 0.25) is 0 Å². The molecule has 3 aromatic rings. The molecular weight excluding hydrogens is 384 g/mol. The maximum atomic E-state index is 14.2. The Morgan fingerprint density at radius 2 is 2.31 bits per heavy atom. The third-order valence-corrected chi connectivity index (χ3v) is 5.04. The van der Waals surface area contributed by atoms with Crippen molar-refractivity contribution in [3.8, 4) is 5.75 Å². The number of carboxylic acid groups (broad SMARTS) is 1. The molecule has 2 aromatic heterocycles. The number of nitrogens with one attached hydrogen (secondary N) is 1. The molecule has 3 heterocycles. The van der Waals surface area contributed by atoms with E-state index in [-0.39, 0.29) is 24.2 Å². The lowest BCUT2D eigenvalue weighted by Gasteiger charge is -2.25. The highest BCUT2D eigenvalue weighted by atomic mass is 19.1. The smallest absolute Gasteiger partial charge is 0.341 e. The van der Waals surface area contributed by atoms with Crippen molar-refractivity contribution in [3.63, 3.8) is 0 Å². The second-order valence-electron chi connectivity index (χ2n) is 7.09. The van der Waals surface area contributed by atoms with Crippen molar-refractivity contribution in [2.45, 2.75) is 25.0 Å². The number of benzene rings is 1. The molecule has 4 N–H and O–H groups in total. The summed E-state index contributed by atoms with van der Waals surface area (Å²) in [6.07, 6.45) is 2.97. The Kier molecular flexibility index (Phi) is 4.58. The van der Waals surface area contributed by atoms with Crippen molar-refractivity contribution >= 4 is 17.4 Å². The standard InChI is InChI=1S/C19H19F2N5O3/c1-10(24-15-2-3-26-17(25-15)14(7-23-26)18(27)28)13-5-12(21)4-11-6-19(8-20,9-22)29-16(11)13/h2-5,7,10H,6,8-9,22H2,1H3,(H,24,25)(H,27,28)/t10-,19?/m1/s1. The minimum Gasteiger partial charge on any atom is -0.482 e. The number of nitrogens with zero attached hydrogens (tertiary/aromatic N) is 3. The fourth-order valence-corrected chi connectivity index (χ4v) is 3.49. The van der Waals surface area contributed by atoms with Crippen LogP contribution in [0, 0.1) is 5.82 Å². The summed E-state index contributed by atoms with van der Waals surface area (Å²) in [4.78, 5) is 15.6. The number of hydrogen-bond donors (Lipinski definition) is 3. The van der Waals surface area contributed by atoms with Gasteiger partial charge in [0.25, 0.3) is 0 Å². The number of aromatic nitrogens is 3. The number of nitrogens with two attached hydrogens (primary N) is 1. The van der Waals surface area contributed by atoms with Gasteiger partial charge in [-0.2, -0.15) is 5.10 Å². The van der Waals surface area contributed by atoms with Crippen LogP contribution in [-0.2, 0) is 6.42 Å². The Bertz CT molecular complexity index is 1100. The first kappa shape index (κ1) is 19.1. The van der Waals surface area contributed by atoms with Crippen molar-refractivity contribution in [1.82, 2.24) is 14.6 Å². The van der Waals surface area contributed by atoms with E-state index in [1.165, 1.54) is 22.8 Å². The molecule has 0 saturated carbocycles. The van der Waals surface area contributed by atoms with Gasteiger partial charge in [0.05, 0.1) is 12.2 Å². The molecule has 0 amide bonds. The second-order valence-corrected chi connectivity index (χ2v) is 7.09. The SMILES string of the molecule is C[C@@H](Nc1ccn2ncc(C(=O)O)c2n1)c1cc(F)cc2c1OC(CN)(CF)C2. The molecular formula is C19H19F2N5O3. The molecule has 0 bridgehead atoms. The van der Waals surface area contributed by atoms with Gasteiger partial charge in [-0.05, 0) is 25.1 Å². The van der Waals surface area contributed by atoms with Gasteiger partial charge in [-0.3, -0.25) is 0 Å². The van der Waals surface area contributed by atoms with E-state index in [1.807, 2.05) is 0 Å². The highest BCUT2D eigenvalue weighted by Gasteiger charge is 2.40. The van der Waals surface area contributed by atoms with E-state index in [1.54, 1.807) is 19.2 Å². The Morgan fingerprint density at radius 3 is 3.00 bits per heavy atom. The minimum absolute atomic E-state index is 0.0293. The van der Waals surface area contributed by atoms with Crippen LogP contribution in [0.25, 0.3) is 5.65 Å². The Hall–Kier alpha value is -3.27. The zero-order chi connectivity index (χ0) is 20.8. The summed E-state index contributed by atoms with van der Waals surface area (Å²) in [5, 5.41) is 16.3. The first-order valence-electron chi connectivity index (χ1n) is 8.97. The van der Waals surface area contributed by atoms with Gasteiger partial charge in [0.15, 0.2) is 11.2 Å². The normalized spacial score (nSPS) is 19.0. The number of ether oxygens (including phenoxy) is 1. The summed E-state index contributed by atoms with van der Waals surface area (Å²) in [5.41, 5.74) is 5.70. The number of halogens is 2. The van der Waals surface area contributed by atoms with Gasteiger partial charge in [0, 0.05) is 30.3 Å². The molecule has 1 unspecified atom stereocenters. The molecule has 0 aliphatic carbocycles. The van der Waals surface area contributed by atoms with E-state index in [2.05, 4.69) is 15.4 Å². The summed E-state index contributed by atoms with van der Waals surface area (Å²) < 4.78 is 34.9. The van der Waals surface area contributed by atoms with Crippen LogP contribution in [0.5, 0.6) is 5.75 Å². The summed E-state index contributed by atoms with van der Waals surface area (Å²) in [6, 6.07) is 3.81. The van der Waals surface area contributed by atoms with Crippen LogP contribution in [0.1, 0.15) is 34.5 Å². The molecule has 10 heteroatoms. The van der Waals surface area contributed by atoms with E-state index in [4.69, 9.17) is 10.5 Å². The summed E-state index contributed by atoms with van der Waals surface area (Å²) >= 11 is 0. The quantitative estimate of drug-likeness (QED) is 0.579. The number of anilines is 1. The van der Waals surface area contributed by atoms with E-state index < -0.39 is 30.1 Å². The molecule has 152 valence electrons. The van der Waals surface area contributed by atoms with Gasteiger partial charge in [-0.1, -0.05) is 0 Å². The van der Waals surface area contributed by atoms with Crippen molar-refractivity contribution in [2.24, 2.45) is 5.73 Å². The maximum absolute atomic E-state index is 14.2. The topological polar surface area (TPSA) is 115 Å². The zero-order valence-corrected chi connectivity index (χ0v) is 15.5. The number of alkyl halides is 1. The molecule has 0 saturated heterocycles. The second kappa shape index (κ2) is 6.96. The molecule has 2 atom stereocenters. The van der Waals surface area contributed by atoms with Crippen LogP contribution in [-0.4, -0.2) is 44.5 Å². The van der Waals surface area contributed by atoms with Crippen LogP contribution in [0.4, 0.5) is 14.6 Å². The van der Waals surface area contributed by atoms with Crippen LogP contribution >= 0.6 is 0 Å². The maximum Gasteiger partial charge on any atom is 0.341 e. The van der Waals surface area contributed by atoms with Crippen LogP contribution in [0.2, 0.25) is 0 Å². The number of carboxylic acids is 1. The lowest BCUT2D eigenvalue weighted by Crippen LogP contribution is -2.44. The molecule has 1 aliphatic rings. The number of aromatic carboxylic acids is 1. The summed E-state index contributed by atoms with van der Waals surface area (Å²) in [7, 11) is 0. The zero-order valence-electron chi connectivity index (χ0n) is 15.5. The first-order chi connectivity index (χ1) is 13.9. The number of carbonyl (C=O) groups is 1. The van der Waals surface area contributed by atoms with Crippen LogP contribution < -0.4 is 15.8 Å². The fourth-order valence-electron chi connectivity index (χ4n) is 3.49. The Balaban J connectivity index is 1.67. The van der Waals surface area contributed by atoms with E-state index in [0.717, 1.165) is 0 Å². The average Bonchev–Trinajstić information content (AvgIpc) is 3.28. The molecule has 0 spiro atoms. The van der Waals surface area contributed by atoms with E-state index in [0.29, 0.717) is 22.7 Å². The Labute approximate surface area is 164 Å². The van der Waals surface area contributed by atoms with Gasteiger partial charge < -0.3 is 20.9 Å². The number of rotatable bonds is 6. The summed E-state index contributed by atoms with van der Waals surface area (Å²) in [6.45, 7) is 0.966. The number of fused-ring (bicyclic) bond motifs is 2. The number of hydrogen-bond acceptors (Lipinski definition) is 6. The fraction of sp³-hybridized carbons (Fsp3) is 0.316. The Morgan fingerprint density at radius 1 is 1.52 bits per heavy atom. The van der Waals surface area contributed by atoms with Crippen molar-refractivity contribution in [1.29, 1.82) is 0 Å². The average molecular weight is 403 g/mol. The van der Waals surface area contributed by atoms with Crippen molar-refractivity contribution < 1.29 is 23.4 Å². The van der Waals surface area contributed by atoms with Gasteiger partial charge in [-0.15, -0.1) is 0 Å². The third kappa shape index (κ3) is 3.25. The first-order valence-corrected chi connectivity index (χ1v) is 8.97. The summed E-state index contributed by atoms with van der Waals surface area (Å²) in [5.74, 6) is -0.820. The van der Waals surface area contributed by atoms with Crippen LogP contribution in [0.15, 0.2) is 30.6 Å². The monoisotopic (exact) mass is 403 g/mol. The van der Waals surface area contributed by atoms with Gasteiger partial charge in [-0.25, -0.2) is 23.1 Å². The molecule has 1 aliphatic heterocycles. The lowest BCUT2D eigenvalue weighted by molar-refractivity contribution is 0.0698. The highest BCUT2D eigenvalue weighted by Crippen LogP contribution is 2.41. The van der Waals surface area contributed by atoms with Crippen molar-refractivity contribution in [3.05, 3.63) is 53.1 Å².